The van der Waals surface area contributed by atoms with E-state index in [0.717, 1.165) is 13.1 Å². The summed E-state index contributed by atoms with van der Waals surface area (Å²) in [6.45, 7) is 4.33. The Bertz CT molecular complexity index is 522. The summed E-state index contributed by atoms with van der Waals surface area (Å²) in [7, 11) is 0. The van der Waals surface area contributed by atoms with Gasteiger partial charge >= 0.3 is 0 Å². The largest absolute Gasteiger partial charge is 0.382 e. The second-order valence-electron chi connectivity index (χ2n) is 4.72. The van der Waals surface area contributed by atoms with Crippen LogP contribution < -0.4 is 10.2 Å². The molecule has 3 rings (SSSR count). The molecule has 0 radical (unpaired) electrons. The van der Waals surface area contributed by atoms with Crippen molar-refractivity contribution in [3.63, 3.8) is 0 Å². The molecule has 2 nitrogen and oxygen atoms in total. The first-order valence-corrected chi connectivity index (χ1v) is 6.51. The highest BCUT2D eigenvalue weighted by Crippen LogP contribution is 2.34. The van der Waals surface area contributed by atoms with Gasteiger partial charge in [0.1, 0.15) is 0 Å². The van der Waals surface area contributed by atoms with E-state index in [0.29, 0.717) is 6.04 Å². The Kier molecular flexibility index (Phi) is 2.93. The fourth-order valence-electron chi connectivity index (χ4n) is 2.62. The van der Waals surface area contributed by atoms with Crippen LogP contribution in [0.4, 0.5) is 11.4 Å². The Morgan fingerprint density at radius 1 is 1.00 bits per heavy atom. The van der Waals surface area contributed by atoms with Crippen LogP contribution in [0.2, 0.25) is 0 Å². The third-order valence-corrected chi connectivity index (χ3v) is 3.63. The zero-order valence-corrected chi connectivity index (χ0v) is 10.6. The number of hydrogen-bond donors (Lipinski definition) is 1. The maximum Gasteiger partial charge on any atom is 0.0607 e. The lowest BCUT2D eigenvalue weighted by atomic mass is 10.0. The number of hydrogen-bond acceptors (Lipinski definition) is 2. The number of nitrogens with zero attached hydrogens (tertiary/aromatic N) is 1. The zero-order chi connectivity index (χ0) is 12.4. The number of fused-ring (bicyclic) bond motifs is 1. The van der Waals surface area contributed by atoms with Crippen molar-refractivity contribution in [1.29, 1.82) is 0 Å². The molecule has 0 spiro atoms. The molecule has 1 atom stereocenters. The van der Waals surface area contributed by atoms with Crippen LogP contribution in [-0.2, 0) is 0 Å². The number of anilines is 2. The van der Waals surface area contributed by atoms with Crippen LogP contribution >= 0.6 is 0 Å². The molecule has 1 aliphatic rings. The van der Waals surface area contributed by atoms with E-state index in [1.165, 1.54) is 16.9 Å². The smallest absolute Gasteiger partial charge is 0.0607 e. The Labute approximate surface area is 108 Å². The van der Waals surface area contributed by atoms with E-state index in [-0.39, 0.29) is 0 Å². The maximum absolute atomic E-state index is 3.46. The highest BCUT2D eigenvalue weighted by Gasteiger charge is 2.21. The third-order valence-electron chi connectivity index (χ3n) is 3.63. The minimum absolute atomic E-state index is 0.412. The van der Waals surface area contributed by atoms with E-state index >= 15 is 0 Å². The lowest BCUT2D eigenvalue weighted by Gasteiger charge is -2.37. The summed E-state index contributed by atoms with van der Waals surface area (Å²) in [5, 5.41) is 3.46. The Hall–Kier alpha value is -1.96. The van der Waals surface area contributed by atoms with E-state index in [1.54, 1.807) is 0 Å². The quantitative estimate of drug-likeness (QED) is 0.858. The summed E-state index contributed by atoms with van der Waals surface area (Å²) >= 11 is 0. The van der Waals surface area contributed by atoms with Crippen LogP contribution in [0.5, 0.6) is 0 Å². The van der Waals surface area contributed by atoms with E-state index in [1.807, 2.05) is 0 Å². The molecule has 0 saturated carbocycles. The van der Waals surface area contributed by atoms with Crippen molar-refractivity contribution in [2.45, 2.75) is 13.0 Å². The Balaban J connectivity index is 1.94. The molecule has 0 amide bonds. The summed E-state index contributed by atoms with van der Waals surface area (Å²) in [6, 6.07) is 19.7. The van der Waals surface area contributed by atoms with Gasteiger partial charge in [-0.1, -0.05) is 42.5 Å². The van der Waals surface area contributed by atoms with Gasteiger partial charge in [0, 0.05) is 13.1 Å². The molecule has 0 aliphatic carbocycles. The Morgan fingerprint density at radius 2 is 1.72 bits per heavy atom. The fraction of sp³-hybridized carbons (Fsp3) is 0.250. The van der Waals surface area contributed by atoms with Crippen molar-refractivity contribution in [1.82, 2.24) is 0 Å². The van der Waals surface area contributed by atoms with Crippen LogP contribution in [0.1, 0.15) is 18.5 Å². The van der Waals surface area contributed by atoms with Gasteiger partial charge in [-0.25, -0.2) is 0 Å². The normalized spacial score (nSPS) is 15.7. The number of benzene rings is 2. The summed E-state index contributed by atoms with van der Waals surface area (Å²) in [5.41, 5.74) is 3.92. The molecule has 2 heteroatoms. The van der Waals surface area contributed by atoms with Crippen LogP contribution in [0, 0.1) is 0 Å². The molecule has 1 heterocycles. The van der Waals surface area contributed by atoms with Crippen molar-refractivity contribution in [2.75, 3.05) is 23.3 Å². The van der Waals surface area contributed by atoms with Crippen LogP contribution in [0.3, 0.4) is 0 Å². The minimum atomic E-state index is 0.412. The molecule has 2 aromatic carbocycles. The predicted molar refractivity (Wildman–Crippen MR) is 77.1 cm³/mol. The van der Waals surface area contributed by atoms with Gasteiger partial charge in [0.25, 0.3) is 0 Å². The summed E-state index contributed by atoms with van der Waals surface area (Å²) in [6.07, 6.45) is 0. The predicted octanol–water partition coefficient (Wildman–Crippen LogP) is 3.68. The van der Waals surface area contributed by atoms with Gasteiger partial charge in [-0.3, -0.25) is 0 Å². The summed E-state index contributed by atoms with van der Waals surface area (Å²) in [4.78, 5) is 2.47. The van der Waals surface area contributed by atoms with Gasteiger partial charge in [0.05, 0.1) is 17.4 Å². The van der Waals surface area contributed by atoms with Crippen LogP contribution in [0.25, 0.3) is 0 Å². The van der Waals surface area contributed by atoms with Gasteiger partial charge in [-0.2, -0.15) is 0 Å². The highest BCUT2D eigenvalue weighted by molar-refractivity contribution is 5.72. The number of rotatable bonds is 2. The molecule has 0 fully saturated rings. The first-order valence-electron chi connectivity index (χ1n) is 6.51. The van der Waals surface area contributed by atoms with Crippen LogP contribution in [0.15, 0.2) is 54.6 Å². The van der Waals surface area contributed by atoms with Gasteiger partial charge in [-0.15, -0.1) is 0 Å². The van der Waals surface area contributed by atoms with E-state index < -0.39 is 0 Å². The number of nitrogens with one attached hydrogen (secondary N) is 1. The Morgan fingerprint density at radius 3 is 2.56 bits per heavy atom. The van der Waals surface area contributed by atoms with Gasteiger partial charge in [-0.05, 0) is 24.6 Å². The average molecular weight is 238 g/mol. The minimum Gasteiger partial charge on any atom is -0.382 e. The van der Waals surface area contributed by atoms with Crippen molar-refractivity contribution in [3.8, 4) is 0 Å². The fourth-order valence-corrected chi connectivity index (χ4v) is 2.62. The number of para-hydroxylation sites is 2. The molecular weight excluding hydrogens is 220 g/mol. The SMILES string of the molecule is CC(c1ccccc1)N1CCNc2ccccc21. The van der Waals surface area contributed by atoms with Gasteiger partial charge in [0.2, 0.25) is 0 Å². The van der Waals surface area contributed by atoms with Crippen LogP contribution in [-0.4, -0.2) is 13.1 Å². The second kappa shape index (κ2) is 4.73. The molecule has 1 N–H and O–H groups in total. The average Bonchev–Trinajstić information content (AvgIpc) is 2.47. The standard InChI is InChI=1S/C16H18N2/c1-13(14-7-3-2-4-8-14)18-12-11-17-15-9-5-6-10-16(15)18/h2-10,13,17H,11-12H2,1H3. The summed E-state index contributed by atoms with van der Waals surface area (Å²) in [5.74, 6) is 0. The molecule has 1 unspecified atom stereocenters. The summed E-state index contributed by atoms with van der Waals surface area (Å²) < 4.78 is 0. The lowest BCUT2D eigenvalue weighted by Crippen LogP contribution is -2.35. The van der Waals surface area contributed by atoms with Crippen molar-refractivity contribution in [3.05, 3.63) is 60.2 Å². The van der Waals surface area contributed by atoms with Crippen molar-refractivity contribution in [2.24, 2.45) is 0 Å². The highest BCUT2D eigenvalue weighted by atomic mass is 15.2. The monoisotopic (exact) mass is 238 g/mol. The molecule has 18 heavy (non-hydrogen) atoms. The maximum atomic E-state index is 3.46. The first-order chi connectivity index (χ1) is 8.86. The van der Waals surface area contributed by atoms with Crippen molar-refractivity contribution >= 4 is 11.4 Å². The van der Waals surface area contributed by atoms with E-state index in [9.17, 15) is 0 Å². The molecule has 92 valence electrons. The molecule has 0 aromatic heterocycles. The topological polar surface area (TPSA) is 15.3 Å². The van der Waals surface area contributed by atoms with E-state index in [2.05, 4.69) is 71.7 Å². The molecule has 0 saturated heterocycles. The molecule has 1 aliphatic heterocycles. The first kappa shape index (κ1) is 11.1. The van der Waals surface area contributed by atoms with Gasteiger partial charge in [0.15, 0.2) is 0 Å². The lowest BCUT2D eigenvalue weighted by molar-refractivity contribution is 0.669. The molecular formula is C16H18N2. The zero-order valence-electron chi connectivity index (χ0n) is 10.6. The third kappa shape index (κ3) is 1.94. The van der Waals surface area contributed by atoms with Crippen molar-refractivity contribution < 1.29 is 0 Å². The van der Waals surface area contributed by atoms with Gasteiger partial charge < -0.3 is 10.2 Å². The molecule has 0 bridgehead atoms. The molecule has 2 aromatic rings. The second-order valence-corrected chi connectivity index (χ2v) is 4.72. The van der Waals surface area contributed by atoms with E-state index in [4.69, 9.17) is 0 Å².